The first-order valence-corrected chi connectivity index (χ1v) is 14.4. The molecule has 0 radical (unpaired) electrons. The predicted molar refractivity (Wildman–Crippen MR) is 142 cm³/mol. The van der Waals surface area contributed by atoms with Crippen LogP contribution in [0.1, 0.15) is 96.8 Å². The summed E-state index contributed by atoms with van der Waals surface area (Å²) in [5, 5.41) is 57.7. The molecule has 0 fully saturated rings. The Hall–Kier alpha value is -2.09. The Labute approximate surface area is 235 Å². The first kappa shape index (κ1) is 35.9. The lowest BCUT2D eigenvalue weighted by atomic mass is 9.87. The molecule has 1 aliphatic rings. The number of aliphatic hydroxyl groups is 6. The molecular weight excluding hydrogens is 528 g/mol. The van der Waals surface area contributed by atoms with Gasteiger partial charge in [-0.05, 0) is 6.42 Å². The second-order valence-corrected chi connectivity index (χ2v) is 10.1. The number of Topliss-reactive ketones (excluding diaryl/α,β-unsaturated/α-hetero) is 1. The molecule has 232 valence electrons. The monoisotopic (exact) mass is 576 g/mol. The van der Waals surface area contributed by atoms with Gasteiger partial charge in [-0.15, -0.1) is 0 Å². The summed E-state index contributed by atoms with van der Waals surface area (Å²) in [6.07, 6.45) is 9.39. The number of esters is 2. The number of rotatable bonds is 24. The van der Waals surface area contributed by atoms with E-state index in [4.69, 9.17) is 19.3 Å². The van der Waals surface area contributed by atoms with E-state index >= 15 is 0 Å². The maximum absolute atomic E-state index is 12.9. The average molecular weight is 577 g/mol. The summed E-state index contributed by atoms with van der Waals surface area (Å²) in [5.41, 5.74) is -2.93. The minimum Gasteiger partial charge on any atom is -0.484 e. The summed E-state index contributed by atoms with van der Waals surface area (Å²) < 4.78 is 15.4. The molecule has 6 N–H and O–H groups in total. The number of hydrogen-bond acceptors (Lipinski definition) is 12. The molecule has 0 aromatic heterocycles. The molecule has 0 amide bonds. The van der Waals surface area contributed by atoms with E-state index < -0.39 is 73.0 Å². The van der Waals surface area contributed by atoms with Crippen molar-refractivity contribution < 1.29 is 59.2 Å². The van der Waals surface area contributed by atoms with Crippen LogP contribution in [-0.4, -0.2) is 98.7 Å². The first-order valence-electron chi connectivity index (χ1n) is 14.4. The number of unbranched alkanes of at least 4 members (excludes halogenated alkanes) is 13. The SMILES string of the molecule is CCCCCCCCCCCCCCCCOC1=C(OC(=O)C(O)CO)[C@@](C(=O)C(O)CO)([C@@H](O)CO)OC1=O. The van der Waals surface area contributed by atoms with E-state index in [0.717, 1.165) is 25.7 Å². The highest BCUT2D eigenvalue weighted by Crippen LogP contribution is 2.39. The molecule has 0 spiro atoms. The summed E-state index contributed by atoms with van der Waals surface area (Å²) >= 11 is 0. The average Bonchev–Trinajstić information content (AvgIpc) is 3.24. The van der Waals surface area contributed by atoms with E-state index in [1.807, 2.05) is 0 Å². The van der Waals surface area contributed by atoms with Crippen molar-refractivity contribution in [3.8, 4) is 0 Å². The molecular formula is C28H48O12. The van der Waals surface area contributed by atoms with Crippen LogP contribution in [0.25, 0.3) is 0 Å². The number of ketones is 1. The molecule has 40 heavy (non-hydrogen) atoms. The molecule has 2 unspecified atom stereocenters. The van der Waals surface area contributed by atoms with Crippen molar-refractivity contribution in [3.63, 3.8) is 0 Å². The third-order valence-electron chi connectivity index (χ3n) is 6.86. The molecule has 1 rings (SSSR count). The quantitative estimate of drug-likeness (QED) is 0.0709. The van der Waals surface area contributed by atoms with Crippen molar-refractivity contribution in [1.29, 1.82) is 0 Å². The zero-order chi connectivity index (χ0) is 30.0. The maximum Gasteiger partial charge on any atom is 0.379 e. The van der Waals surface area contributed by atoms with Crippen LogP contribution >= 0.6 is 0 Å². The fourth-order valence-electron chi connectivity index (χ4n) is 4.47. The van der Waals surface area contributed by atoms with Crippen molar-refractivity contribution >= 4 is 17.7 Å². The van der Waals surface area contributed by atoms with Gasteiger partial charge in [0.15, 0.2) is 6.10 Å². The van der Waals surface area contributed by atoms with E-state index in [1.54, 1.807) is 0 Å². The fraction of sp³-hybridized carbons (Fsp3) is 0.821. The second-order valence-electron chi connectivity index (χ2n) is 10.1. The van der Waals surface area contributed by atoms with Gasteiger partial charge in [0.05, 0.1) is 26.4 Å². The van der Waals surface area contributed by atoms with E-state index in [9.17, 15) is 39.9 Å². The number of carbonyl (C=O) groups excluding carboxylic acids is 3. The van der Waals surface area contributed by atoms with Gasteiger partial charge in [0.25, 0.3) is 5.60 Å². The lowest BCUT2D eigenvalue weighted by molar-refractivity contribution is -0.182. The largest absolute Gasteiger partial charge is 0.484 e. The summed E-state index contributed by atoms with van der Waals surface area (Å²) in [7, 11) is 0. The number of carbonyl (C=O) groups is 3. The van der Waals surface area contributed by atoms with Gasteiger partial charge in [-0.2, -0.15) is 0 Å². The molecule has 0 saturated carbocycles. The van der Waals surface area contributed by atoms with Crippen molar-refractivity contribution in [3.05, 3.63) is 11.5 Å². The van der Waals surface area contributed by atoms with E-state index in [0.29, 0.717) is 6.42 Å². The zero-order valence-corrected chi connectivity index (χ0v) is 23.6. The van der Waals surface area contributed by atoms with Gasteiger partial charge in [-0.1, -0.05) is 90.4 Å². The Balaban J connectivity index is 2.69. The number of ether oxygens (including phenoxy) is 3. The molecule has 1 aliphatic heterocycles. The first-order chi connectivity index (χ1) is 19.2. The number of hydrogen-bond donors (Lipinski definition) is 6. The van der Waals surface area contributed by atoms with Gasteiger partial charge in [0.1, 0.15) is 12.2 Å². The van der Waals surface area contributed by atoms with Crippen LogP contribution in [0.15, 0.2) is 11.5 Å². The Morgan fingerprint density at radius 2 is 1.23 bits per heavy atom. The van der Waals surface area contributed by atoms with E-state index in [-0.39, 0.29) is 6.61 Å². The molecule has 0 aromatic carbocycles. The lowest BCUT2D eigenvalue weighted by Gasteiger charge is -2.32. The Kier molecular flexibility index (Phi) is 17.9. The van der Waals surface area contributed by atoms with Crippen LogP contribution in [0.2, 0.25) is 0 Å². The molecule has 0 bridgehead atoms. The highest BCUT2D eigenvalue weighted by atomic mass is 16.6. The molecule has 4 atom stereocenters. The van der Waals surface area contributed by atoms with Crippen molar-refractivity contribution in [2.45, 2.75) is 121 Å². The molecule has 0 aromatic rings. The van der Waals surface area contributed by atoms with Crippen LogP contribution in [0.3, 0.4) is 0 Å². The summed E-state index contributed by atoms with van der Waals surface area (Å²) in [4.78, 5) is 37.7. The number of aliphatic hydroxyl groups excluding tert-OH is 6. The molecule has 1 heterocycles. The third-order valence-corrected chi connectivity index (χ3v) is 6.86. The molecule has 0 saturated heterocycles. The van der Waals surface area contributed by atoms with Crippen molar-refractivity contribution in [2.24, 2.45) is 0 Å². The van der Waals surface area contributed by atoms with Gasteiger partial charge in [-0.25, -0.2) is 9.59 Å². The summed E-state index contributed by atoms with van der Waals surface area (Å²) in [6.45, 7) is -1.20. The summed E-state index contributed by atoms with van der Waals surface area (Å²) in [5.74, 6) is -6.06. The van der Waals surface area contributed by atoms with Crippen LogP contribution in [0.4, 0.5) is 0 Å². The standard InChI is InChI=1S/C28H48O12/c1-2-3-4-5-6-7-8-9-10-11-12-13-14-15-16-38-23-25(39-26(36)21(33)18-30)28(22(34)19-31,40-27(23)37)24(35)20(32)17-29/h20-22,29-34H,2-19H2,1H3/t20?,21?,22-,28-/m0/s1. The van der Waals surface area contributed by atoms with E-state index in [1.165, 1.54) is 57.8 Å². The van der Waals surface area contributed by atoms with Gasteiger partial charge >= 0.3 is 11.9 Å². The van der Waals surface area contributed by atoms with Gasteiger partial charge in [0.2, 0.25) is 17.3 Å². The highest BCUT2D eigenvalue weighted by Gasteiger charge is 2.63. The van der Waals surface area contributed by atoms with Crippen LogP contribution in [0.5, 0.6) is 0 Å². The smallest absolute Gasteiger partial charge is 0.379 e. The maximum atomic E-state index is 12.9. The van der Waals surface area contributed by atoms with Crippen LogP contribution in [0, 0.1) is 0 Å². The van der Waals surface area contributed by atoms with Crippen molar-refractivity contribution in [1.82, 2.24) is 0 Å². The second kappa shape index (κ2) is 19.9. The molecule has 0 aliphatic carbocycles. The number of cyclic esters (lactones) is 1. The highest BCUT2D eigenvalue weighted by molar-refractivity contribution is 6.04. The van der Waals surface area contributed by atoms with Gasteiger partial charge < -0.3 is 44.8 Å². The van der Waals surface area contributed by atoms with Gasteiger partial charge in [-0.3, -0.25) is 4.79 Å². The van der Waals surface area contributed by atoms with Crippen molar-refractivity contribution in [2.75, 3.05) is 26.4 Å². The Morgan fingerprint density at radius 3 is 1.68 bits per heavy atom. The van der Waals surface area contributed by atoms with E-state index in [2.05, 4.69) is 6.92 Å². The van der Waals surface area contributed by atoms with Crippen LogP contribution in [-0.2, 0) is 28.6 Å². The van der Waals surface area contributed by atoms with Gasteiger partial charge in [0, 0.05) is 0 Å². The molecule has 12 nitrogen and oxygen atoms in total. The van der Waals surface area contributed by atoms with Crippen LogP contribution < -0.4 is 0 Å². The third kappa shape index (κ3) is 10.7. The Bertz CT molecular complexity index is 798. The topological polar surface area (TPSA) is 200 Å². The lowest BCUT2D eigenvalue weighted by Crippen LogP contribution is -2.58. The molecule has 12 heteroatoms. The minimum atomic E-state index is -2.93. The summed E-state index contributed by atoms with van der Waals surface area (Å²) in [6, 6.07) is 0. The normalized spacial score (nSPS) is 19.3. The fourth-order valence-corrected chi connectivity index (χ4v) is 4.47. The predicted octanol–water partition coefficient (Wildman–Crippen LogP) is 1.16. The minimum absolute atomic E-state index is 0.0475. The zero-order valence-electron chi connectivity index (χ0n) is 23.6. The Morgan fingerprint density at radius 1 is 0.750 bits per heavy atom.